The Bertz CT molecular complexity index is 931. The molecular formula is C22H24FN3O5. The third kappa shape index (κ3) is 5.31. The van der Waals surface area contributed by atoms with Crippen LogP contribution in [-0.2, 0) is 20.9 Å². The van der Waals surface area contributed by atoms with Crippen molar-refractivity contribution in [1.82, 2.24) is 15.5 Å². The van der Waals surface area contributed by atoms with E-state index in [0.29, 0.717) is 43.4 Å². The summed E-state index contributed by atoms with van der Waals surface area (Å²) in [5.74, 6) is -0.463. The van der Waals surface area contributed by atoms with Crippen LogP contribution in [0, 0.1) is 5.82 Å². The normalized spacial score (nSPS) is 16.5. The Kier molecular flexibility index (Phi) is 6.63. The van der Waals surface area contributed by atoms with Gasteiger partial charge in [-0.2, -0.15) is 0 Å². The average Bonchev–Trinajstić information content (AvgIpc) is 3.27. The summed E-state index contributed by atoms with van der Waals surface area (Å²) in [5.41, 5.74) is 1.66. The average molecular weight is 429 g/mol. The van der Waals surface area contributed by atoms with Crippen molar-refractivity contribution in [2.24, 2.45) is 0 Å². The molecule has 1 saturated heterocycles. The first-order valence-electron chi connectivity index (χ1n) is 10.1. The van der Waals surface area contributed by atoms with Gasteiger partial charge in [-0.1, -0.05) is 18.2 Å². The number of rotatable bonds is 6. The zero-order valence-electron chi connectivity index (χ0n) is 16.9. The van der Waals surface area contributed by atoms with E-state index in [1.807, 2.05) is 18.2 Å². The van der Waals surface area contributed by atoms with Crippen LogP contribution in [0.4, 0.5) is 4.39 Å². The number of fused-ring (bicyclic) bond motifs is 1. The number of carbonyl (C=O) groups excluding carboxylic acids is 2. The van der Waals surface area contributed by atoms with E-state index in [1.165, 1.54) is 12.1 Å². The zero-order valence-corrected chi connectivity index (χ0v) is 16.9. The Morgan fingerprint density at radius 3 is 2.45 bits per heavy atom. The van der Waals surface area contributed by atoms with Crippen LogP contribution in [0.25, 0.3) is 0 Å². The molecule has 8 nitrogen and oxygen atoms in total. The highest BCUT2D eigenvalue weighted by molar-refractivity contribution is 6.35. The van der Waals surface area contributed by atoms with Gasteiger partial charge in [0.1, 0.15) is 5.82 Å². The van der Waals surface area contributed by atoms with Crippen molar-refractivity contribution in [2.45, 2.75) is 12.6 Å². The minimum Gasteiger partial charge on any atom is -0.454 e. The van der Waals surface area contributed by atoms with Gasteiger partial charge in [-0.3, -0.25) is 14.5 Å². The van der Waals surface area contributed by atoms with Gasteiger partial charge in [-0.25, -0.2) is 4.39 Å². The number of halogens is 1. The zero-order chi connectivity index (χ0) is 21.6. The predicted octanol–water partition coefficient (Wildman–Crippen LogP) is 1.36. The monoisotopic (exact) mass is 429 g/mol. The minimum absolute atomic E-state index is 0.140. The SMILES string of the molecule is O=C(NCc1ccc(F)cc1)C(=O)NC[C@@H](c1ccc2c(c1)OCO2)N1CCOCC1. The molecule has 0 aromatic heterocycles. The first-order valence-corrected chi connectivity index (χ1v) is 10.1. The van der Waals surface area contributed by atoms with Crippen LogP contribution in [0.15, 0.2) is 42.5 Å². The van der Waals surface area contributed by atoms with Crippen molar-refractivity contribution >= 4 is 11.8 Å². The molecule has 31 heavy (non-hydrogen) atoms. The van der Waals surface area contributed by atoms with Crippen molar-refractivity contribution in [3.63, 3.8) is 0 Å². The number of ether oxygens (including phenoxy) is 3. The number of amides is 2. The molecule has 0 aliphatic carbocycles. The maximum absolute atomic E-state index is 13.0. The van der Waals surface area contributed by atoms with Crippen molar-refractivity contribution in [1.29, 1.82) is 0 Å². The molecule has 1 fully saturated rings. The first-order chi connectivity index (χ1) is 15.1. The summed E-state index contributed by atoms with van der Waals surface area (Å²) in [6.07, 6.45) is 0. The molecule has 164 valence electrons. The fraction of sp³-hybridized carbons (Fsp3) is 0.364. The van der Waals surface area contributed by atoms with E-state index in [0.717, 1.165) is 5.56 Å². The number of hydrogen-bond donors (Lipinski definition) is 2. The van der Waals surface area contributed by atoms with Gasteiger partial charge in [-0.15, -0.1) is 0 Å². The smallest absolute Gasteiger partial charge is 0.309 e. The number of nitrogens with zero attached hydrogens (tertiary/aromatic N) is 1. The molecule has 2 aromatic rings. The van der Waals surface area contributed by atoms with Gasteiger partial charge in [0, 0.05) is 26.2 Å². The summed E-state index contributed by atoms with van der Waals surface area (Å²) < 4.78 is 29.3. The number of morpholine rings is 1. The van der Waals surface area contributed by atoms with Crippen LogP contribution in [0.5, 0.6) is 11.5 Å². The van der Waals surface area contributed by atoms with E-state index in [1.54, 1.807) is 12.1 Å². The Morgan fingerprint density at radius 1 is 0.968 bits per heavy atom. The molecule has 2 aliphatic heterocycles. The standard InChI is InChI=1S/C22H24FN3O5/c23-17-4-1-15(2-5-17)12-24-21(27)22(28)25-13-18(26-7-9-29-10-8-26)16-3-6-19-20(11-16)31-14-30-19/h1-6,11,18H,7-10,12-14H2,(H,24,27)(H,25,28)/t18-/m0/s1. The lowest BCUT2D eigenvalue weighted by Crippen LogP contribution is -2.46. The van der Waals surface area contributed by atoms with E-state index in [9.17, 15) is 14.0 Å². The van der Waals surface area contributed by atoms with Gasteiger partial charge in [0.25, 0.3) is 0 Å². The van der Waals surface area contributed by atoms with E-state index in [2.05, 4.69) is 15.5 Å². The Labute approximate surface area is 179 Å². The number of benzene rings is 2. The number of carbonyl (C=O) groups is 2. The van der Waals surface area contributed by atoms with Crippen LogP contribution in [-0.4, -0.2) is 56.4 Å². The lowest BCUT2D eigenvalue weighted by atomic mass is 10.0. The molecule has 2 amide bonds. The van der Waals surface area contributed by atoms with Crippen molar-refractivity contribution in [3.8, 4) is 11.5 Å². The fourth-order valence-corrected chi connectivity index (χ4v) is 3.60. The quantitative estimate of drug-likeness (QED) is 0.675. The highest BCUT2D eigenvalue weighted by Crippen LogP contribution is 2.35. The fourth-order valence-electron chi connectivity index (χ4n) is 3.60. The molecule has 4 rings (SSSR count). The Morgan fingerprint density at radius 2 is 1.68 bits per heavy atom. The molecule has 0 bridgehead atoms. The van der Waals surface area contributed by atoms with Gasteiger partial charge in [0.2, 0.25) is 6.79 Å². The van der Waals surface area contributed by atoms with E-state index in [4.69, 9.17) is 14.2 Å². The molecule has 0 radical (unpaired) electrons. The van der Waals surface area contributed by atoms with Crippen LogP contribution in [0.1, 0.15) is 17.2 Å². The Hall–Kier alpha value is -3.17. The molecule has 2 N–H and O–H groups in total. The third-order valence-electron chi connectivity index (χ3n) is 5.30. The van der Waals surface area contributed by atoms with Crippen LogP contribution >= 0.6 is 0 Å². The topological polar surface area (TPSA) is 89.1 Å². The lowest BCUT2D eigenvalue weighted by Gasteiger charge is -2.34. The molecule has 2 aliphatic rings. The lowest BCUT2D eigenvalue weighted by molar-refractivity contribution is -0.139. The predicted molar refractivity (Wildman–Crippen MR) is 109 cm³/mol. The van der Waals surface area contributed by atoms with Crippen LogP contribution < -0.4 is 20.1 Å². The van der Waals surface area contributed by atoms with Crippen molar-refractivity contribution < 1.29 is 28.2 Å². The minimum atomic E-state index is -0.740. The highest BCUT2D eigenvalue weighted by Gasteiger charge is 2.26. The second-order valence-electron chi connectivity index (χ2n) is 7.30. The molecule has 0 saturated carbocycles. The molecule has 9 heteroatoms. The number of hydrogen-bond acceptors (Lipinski definition) is 6. The highest BCUT2D eigenvalue weighted by atomic mass is 19.1. The summed E-state index contributed by atoms with van der Waals surface area (Å²) in [4.78, 5) is 26.8. The van der Waals surface area contributed by atoms with E-state index >= 15 is 0 Å². The van der Waals surface area contributed by atoms with Gasteiger partial charge in [-0.05, 0) is 35.4 Å². The van der Waals surface area contributed by atoms with E-state index in [-0.39, 0.29) is 31.7 Å². The van der Waals surface area contributed by atoms with Crippen LogP contribution in [0.3, 0.4) is 0 Å². The van der Waals surface area contributed by atoms with Gasteiger partial charge in [0.05, 0.1) is 19.3 Å². The summed E-state index contributed by atoms with van der Waals surface area (Å²) in [7, 11) is 0. The van der Waals surface area contributed by atoms with Gasteiger partial charge in [0.15, 0.2) is 11.5 Å². The third-order valence-corrected chi connectivity index (χ3v) is 5.30. The second kappa shape index (κ2) is 9.76. The van der Waals surface area contributed by atoms with Crippen molar-refractivity contribution in [3.05, 3.63) is 59.4 Å². The van der Waals surface area contributed by atoms with Gasteiger partial charge < -0.3 is 24.8 Å². The number of nitrogens with one attached hydrogen (secondary N) is 2. The first kappa shape index (κ1) is 21.1. The molecule has 0 spiro atoms. The molecule has 1 atom stereocenters. The molecular weight excluding hydrogens is 405 g/mol. The molecule has 0 unspecified atom stereocenters. The summed E-state index contributed by atoms with van der Waals surface area (Å²) >= 11 is 0. The summed E-state index contributed by atoms with van der Waals surface area (Å²) in [5, 5.41) is 5.28. The molecule has 2 aromatic carbocycles. The summed E-state index contributed by atoms with van der Waals surface area (Å²) in [6, 6.07) is 11.3. The summed E-state index contributed by atoms with van der Waals surface area (Å²) in [6.45, 7) is 3.22. The second-order valence-corrected chi connectivity index (χ2v) is 7.30. The van der Waals surface area contributed by atoms with Crippen LogP contribution in [0.2, 0.25) is 0 Å². The Balaban J connectivity index is 1.37. The van der Waals surface area contributed by atoms with E-state index < -0.39 is 11.8 Å². The maximum atomic E-state index is 13.0. The maximum Gasteiger partial charge on any atom is 0.309 e. The largest absolute Gasteiger partial charge is 0.454 e. The van der Waals surface area contributed by atoms with Crippen molar-refractivity contribution in [2.75, 3.05) is 39.6 Å². The van der Waals surface area contributed by atoms with Gasteiger partial charge >= 0.3 is 11.8 Å². The molecule has 2 heterocycles.